The van der Waals surface area contributed by atoms with Crippen LogP contribution in [0, 0.1) is 0 Å². The van der Waals surface area contributed by atoms with Crippen molar-refractivity contribution in [1.82, 2.24) is 0 Å². The standard InChI is InChI=1S/30C2H4O2.C2H6/c30*1-2(3)4;1-2/h30*1H3,(H,3,4);1-2H3. The average Bonchev–Trinajstić information content (AvgIpc) is 3.32. The maximum atomic E-state index is 9.00. The summed E-state index contributed by atoms with van der Waals surface area (Å²) in [4.78, 5) is 270. The van der Waals surface area contributed by atoms with Crippen LogP contribution >= 0.6 is 0 Å². The van der Waals surface area contributed by atoms with Crippen molar-refractivity contribution in [3.8, 4) is 0 Å². The van der Waals surface area contributed by atoms with E-state index in [9.17, 15) is 0 Å². The number of hydrogen-bond donors (Lipinski definition) is 30. The minimum atomic E-state index is -0.833. The second-order valence-electron chi connectivity index (χ2n) is 15.6. The number of hydrogen-bond acceptors (Lipinski definition) is 30. The largest absolute Gasteiger partial charge is 0.481 e. The van der Waals surface area contributed by atoms with Crippen LogP contribution in [0.25, 0.3) is 0 Å². The van der Waals surface area contributed by atoms with Crippen LogP contribution in [0.3, 0.4) is 0 Å². The molecule has 0 aliphatic heterocycles. The molecule has 734 valence electrons. The van der Waals surface area contributed by atoms with Crippen LogP contribution in [-0.4, -0.2) is 332 Å². The molecule has 0 radical (unpaired) electrons. The summed E-state index contributed by atoms with van der Waals surface area (Å²) in [6.07, 6.45) is 0. The minimum absolute atomic E-state index is 0.833. The van der Waals surface area contributed by atoms with Crippen molar-refractivity contribution in [3.63, 3.8) is 0 Å². The zero-order valence-corrected chi connectivity index (χ0v) is 72.7. The second-order valence-corrected chi connectivity index (χ2v) is 15.6. The second kappa shape index (κ2) is 207. The van der Waals surface area contributed by atoms with Gasteiger partial charge in [-0.1, -0.05) is 13.8 Å². The van der Waals surface area contributed by atoms with E-state index < -0.39 is 179 Å². The van der Waals surface area contributed by atoms with E-state index in [4.69, 9.17) is 297 Å². The SMILES string of the molecule is CC.CC(=O)O.CC(=O)O.CC(=O)O.CC(=O)O.CC(=O)O.CC(=O)O.CC(=O)O.CC(=O)O.CC(=O)O.CC(=O)O.CC(=O)O.CC(=O)O.CC(=O)O.CC(=O)O.CC(=O)O.CC(=O)O.CC(=O)O.CC(=O)O.CC(=O)O.CC(=O)O.CC(=O)O.CC(=O)O.CC(=O)O.CC(=O)O.CC(=O)O.CC(=O)O.CC(=O)O.CC(=O)O.CC(=O)O.CC(=O)O. The molecule has 0 aromatic carbocycles. The van der Waals surface area contributed by atoms with Crippen LogP contribution in [0.5, 0.6) is 0 Å². The molecular formula is C62H126O60. The molecule has 0 unspecified atom stereocenters. The Balaban J connectivity index is -0.0000000242. The van der Waals surface area contributed by atoms with E-state index in [0.717, 1.165) is 208 Å². The van der Waals surface area contributed by atoms with Gasteiger partial charge in [0.2, 0.25) is 0 Å². The van der Waals surface area contributed by atoms with Gasteiger partial charge in [-0.25, -0.2) is 0 Å². The lowest BCUT2D eigenvalue weighted by Gasteiger charge is -1.59. The fourth-order valence-electron chi connectivity index (χ4n) is 0. The number of carboxylic acid groups (broad SMARTS) is 30. The minimum Gasteiger partial charge on any atom is -0.481 e. The van der Waals surface area contributed by atoms with E-state index in [1.165, 1.54) is 0 Å². The summed E-state index contributed by atoms with van der Waals surface area (Å²) in [5.74, 6) is -25.0. The van der Waals surface area contributed by atoms with Gasteiger partial charge in [-0.15, -0.1) is 0 Å². The van der Waals surface area contributed by atoms with Crippen molar-refractivity contribution in [2.24, 2.45) is 0 Å². The van der Waals surface area contributed by atoms with Crippen molar-refractivity contribution >= 4 is 179 Å². The first-order valence-electron chi connectivity index (χ1n) is 28.8. The van der Waals surface area contributed by atoms with E-state index in [1.807, 2.05) is 13.8 Å². The normalized spacial score (nSPS) is 6.20. The van der Waals surface area contributed by atoms with Crippen LogP contribution in [0.1, 0.15) is 222 Å². The predicted molar refractivity (Wildman–Crippen MR) is 411 cm³/mol. The van der Waals surface area contributed by atoms with E-state index in [0.29, 0.717) is 0 Å². The van der Waals surface area contributed by atoms with Gasteiger partial charge in [0.15, 0.2) is 0 Å². The first kappa shape index (κ1) is 208. The van der Waals surface area contributed by atoms with E-state index in [-0.39, 0.29) is 0 Å². The van der Waals surface area contributed by atoms with Crippen molar-refractivity contribution in [2.45, 2.75) is 222 Å². The van der Waals surface area contributed by atoms with Crippen molar-refractivity contribution in [2.75, 3.05) is 0 Å². The number of carbonyl (C=O) groups is 30. The lowest BCUT2D eigenvalue weighted by atomic mass is 10.9. The number of aliphatic carboxylic acids is 30. The fourth-order valence-corrected chi connectivity index (χ4v) is 0. The maximum Gasteiger partial charge on any atom is 0.300 e. The summed E-state index contributed by atoms with van der Waals surface area (Å²) in [7, 11) is 0. The molecule has 0 fully saturated rings. The summed E-state index contributed by atoms with van der Waals surface area (Å²) in [5, 5.41) is 222. The first-order chi connectivity index (χ1) is 53.0. The van der Waals surface area contributed by atoms with Gasteiger partial charge < -0.3 is 153 Å². The molecule has 0 aliphatic rings. The zero-order chi connectivity index (χ0) is 109. The molecule has 0 aliphatic carbocycles. The zero-order valence-electron chi connectivity index (χ0n) is 72.7. The lowest BCUT2D eigenvalue weighted by molar-refractivity contribution is -0.135. The van der Waals surface area contributed by atoms with Gasteiger partial charge in [-0.05, 0) is 0 Å². The van der Waals surface area contributed by atoms with Crippen molar-refractivity contribution < 1.29 is 297 Å². The lowest BCUT2D eigenvalue weighted by Crippen LogP contribution is -1.78. The highest BCUT2D eigenvalue weighted by molar-refractivity contribution is 5.69. The van der Waals surface area contributed by atoms with E-state index in [1.54, 1.807) is 0 Å². The van der Waals surface area contributed by atoms with Gasteiger partial charge in [-0.3, -0.25) is 144 Å². The summed E-state index contributed by atoms with van der Waals surface area (Å²) < 4.78 is 0. The molecule has 0 saturated heterocycles. The third kappa shape index (κ3) is 4380. The highest BCUT2D eigenvalue weighted by Gasteiger charge is 1.75. The molecule has 0 heterocycles. The predicted octanol–water partition coefficient (Wildman–Crippen LogP) is 3.75. The molecule has 30 N–H and O–H groups in total. The van der Waals surface area contributed by atoms with Gasteiger partial charge in [0.1, 0.15) is 0 Å². The van der Waals surface area contributed by atoms with E-state index in [2.05, 4.69) is 0 Å². The maximum absolute atomic E-state index is 9.00. The fraction of sp³-hybridized carbons (Fsp3) is 0.516. The molecule has 0 saturated carbocycles. The Labute approximate surface area is 696 Å². The first-order valence-corrected chi connectivity index (χ1v) is 28.8. The molecule has 0 bridgehead atoms. The average molecular weight is 1830 g/mol. The topological polar surface area (TPSA) is 1120 Å². The van der Waals surface area contributed by atoms with Crippen LogP contribution in [0.4, 0.5) is 0 Å². The monoisotopic (exact) mass is 1830 g/mol. The smallest absolute Gasteiger partial charge is 0.300 e. The number of rotatable bonds is 0. The Kier molecular flexibility index (Phi) is 353. The van der Waals surface area contributed by atoms with Gasteiger partial charge in [-0.2, -0.15) is 0 Å². The third-order valence-electron chi connectivity index (χ3n) is 0. The Morgan fingerprint density at radius 1 is 0.0738 bits per heavy atom. The Bertz CT molecular complexity index is 1700. The van der Waals surface area contributed by atoms with Crippen LogP contribution in [0.15, 0.2) is 0 Å². The van der Waals surface area contributed by atoms with Crippen molar-refractivity contribution in [1.29, 1.82) is 0 Å². The molecule has 0 aromatic heterocycles. The highest BCUT2D eigenvalue weighted by Crippen LogP contribution is 1.52. The van der Waals surface area contributed by atoms with Gasteiger partial charge in [0, 0.05) is 208 Å². The van der Waals surface area contributed by atoms with Crippen LogP contribution in [-0.2, 0) is 144 Å². The molecule has 60 nitrogen and oxygen atoms in total. The molecule has 122 heavy (non-hydrogen) atoms. The molecule has 0 rings (SSSR count). The molecular weight excluding hydrogens is 1700 g/mol. The van der Waals surface area contributed by atoms with Gasteiger partial charge in [0.05, 0.1) is 0 Å². The number of carboxylic acids is 30. The van der Waals surface area contributed by atoms with Gasteiger partial charge >= 0.3 is 0 Å². The molecule has 0 spiro atoms. The van der Waals surface area contributed by atoms with Crippen LogP contribution < -0.4 is 0 Å². The molecule has 60 heteroatoms. The van der Waals surface area contributed by atoms with E-state index >= 15 is 0 Å². The summed E-state index contributed by atoms with van der Waals surface area (Å²) in [6, 6.07) is 0. The highest BCUT2D eigenvalue weighted by atomic mass is 16.4. The summed E-state index contributed by atoms with van der Waals surface area (Å²) >= 11 is 0. The summed E-state index contributed by atoms with van der Waals surface area (Å²) in [6.45, 7) is 36.5. The molecule has 0 aromatic rings. The Morgan fingerprint density at radius 3 is 0.0738 bits per heavy atom. The van der Waals surface area contributed by atoms with Crippen molar-refractivity contribution in [3.05, 3.63) is 0 Å². The molecule has 0 atom stereocenters. The van der Waals surface area contributed by atoms with Crippen LogP contribution in [0.2, 0.25) is 0 Å². The Morgan fingerprint density at radius 2 is 0.0738 bits per heavy atom. The summed E-state index contributed by atoms with van der Waals surface area (Å²) in [5.41, 5.74) is 0. The Hall–Kier alpha value is -15.9. The van der Waals surface area contributed by atoms with Gasteiger partial charge in [0.25, 0.3) is 179 Å². The quantitative estimate of drug-likeness (QED) is 0.164. The molecule has 0 amide bonds. The third-order valence-corrected chi connectivity index (χ3v) is 0.